The molecule has 0 aromatic heterocycles. The second kappa shape index (κ2) is 8.54. The number of anilines is 2. The Morgan fingerprint density at radius 1 is 0.867 bits per heavy atom. The maximum atomic E-state index is 13.2. The summed E-state index contributed by atoms with van der Waals surface area (Å²) in [6.07, 6.45) is 3.08. The highest BCUT2D eigenvalue weighted by Gasteiger charge is 2.22. The van der Waals surface area contributed by atoms with Gasteiger partial charge in [-0.05, 0) is 86.2 Å². The van der Waals surface area contributed by atoms with Crippen molar-refractivity contribution in [1.82, 2.24) is 0 Å². The van der Waals surface area contributed by atoms with Gasteiger partial charge in [-0.25, -0.2) is 0 Å². The lowest BCUT2D eigenvalue weighted by Gasteiger charge is -2.23. The van der Waals surface area contributed by atoms with Gasteiger partial charge in [0.1, 0.15) is 0 Å². The summed E-state index contributed by atoms with van der Waals surface area (Å²) in [5.41, 5.74) is 6.25. The molecule has 1 aliphatic heterocycles. The molecule has 3 aromatic rings. The fourth-order valence-electron chi connectivity index (χ4n) is 3.95. The van der Waals surface area contributed by atoms with Gasteiger partial charge in [-0.1, -0.05) is 30.3 Å². The average molecular weight is 399 g/mol. The summed E-state index contributed by atoms with van der Waals surface area (Å²) in [7, 11) is 0. The van der Waals surface area contributed by atoms with Gasteiger partial charge in [-0.2, -0.15) is 0 Å². The average Bonchev–Trinajstić information content (AvgIpc) is 2.98. The quantitative estimate of drug-likeness (QED) is 0.630. The Hall–Kier alpha value is -3.40. The number of nitrogens with one attached hydrogen (secondary N) is 1. The van der Waals surface area contributed by atoms with E-state index in [4.69, 9.17) is 0 Å². The summed E-state index contributed by atoms with van der Waals surface area (Å²) < 4.78 is 0. The molecule has 0 unspecified atom stereocenters. The minimum Gasteiger partial charge on any atom is -0.322 e. The molecule has 4 rings (SSSR count). The number of nitrogens with zero attached hydrogens (tertiary/aromatic N) is 1. The molecular weight excluding hydrogens is 372 g/mol. The molecule has 30 heavy (non-hydrogen) atoms. The Morgan fingerprint density at radius 3 is 2.43 bits per heavy atom. The van der Waals surface area contributed by atoms with Crippen LogP contribution in [0.4, 0.5) is 11.4 Å². The molecule has 4 heteroatoms. The first kappa shape index (κ1) is 19.9. The predicted molar refractivity (Wildman–Crippen MR) is 121 cm³/mol. The number of para-hydroxylation sites is 1. The van der Waals surface area contributed by atoms with Crippen molar-refractivity contribution in [3.63, 3.8) is 0 Å². The smallest absolute Gasteiger partial charge is 0.258 e. The third kappa shape index (κ3) is 3.99. The van der Waals surface area contributed by atoms with Crippen LogP contribution in [0.25, 0.3) is 0 Å². The van der Waals surface area contributed by atoms with Gasteiger partial charge in [0.2, 0.25) is 0 Å². The van der Waals surface area contributed by atoms with Crippen molar-refractivity contribution in [2.45, 2.75) is 33.1 Å². The number of hydrogen-bond donors (Lipinski definition) is 1. The van der Waals surface area contributed by atoms with E-state index in [1.54, 1.807) is 24.3 Å². The Labute approximate surface area is 177 Å². The fourth-order valence-corrected chi connectivity index (χ4v) is 3.95. The number of carbonyl (C=O) groups is 2. The first-order valence-electron chi connectivity index (χ1n) is 10.4. The van der Waals surface area contributed by atoms with Gasteiger partial charge >= 0.3 is 0 Å². The Bertz CT molecular complexity index is 1090. The zero-order valence-electron chi connectivity index (χ0n) is 17.4. The second-order valence-electron chi connectivity index (χ2n) is 7.82. The zero-order chi connectivity index (χ0) is 21.1. The lowest BCUT2D eigenvalue weighted by molar-refractivity contribution is 0.0985. The lowest BCUT2D eigenvalue weighted by Crippen LogP contribution is -2.31. The van der Waals surface area contributed by atoms with Crippen molar-refractivity contribution < 1.29 is 9.59 Å². The van der Waals surface area contributed by atoms with Crippen LogP contribution >= 0.6 is 0 Å². The van der Waals surface area contributed by atoms with Crippen LogP contribution in [0.3, 0.4) is 0 Å². The second-order valence-corrected chi connectivity index (χ2v) is 7.82. The summed E-state index contributed by atoms with van der Waals surface area (Å²) in [5.74, 6) is -0.145. The standard InChI is InChI=1S/C26H26N2O2/c1-18-8-7-11-23(19(18)2)25(29)27-22-15-13-21(14-16-22)26(30)28-17-6-5-10-20-9-3-4-12-24(20)28/h3-4,7-9,11-16H,5-6,10,17H2,1-2H3,(H,27,29). The number of fused-ring (bicyclic) bond motifs is 1. The molecule has 0 saturated heterocycles. The predicted octanol–water partition coefficient (Wildman–Crippen LogP) is 5.54. The van der Waals surface area contributed by atoms with Crippen LogP contribution in [0.15, 0.2) is 66.7 Å². The molecular formula is C26H26N2O2. The SMILES string of the molecule is Cc1cccc(C(=O)Nc2ccc(C(=O)N3CCCCc4ccccc43)cc2)c1C. The molecule has 0 atom stereocenters. The Kier molecular flexibility index (Phi) is 5.66. The molecule has 3 aromatic carbocycles. The van der Waals surface area contributed by atoms with Crippen LogP contribution in [0.5, 0.6) is 0 Å². The zero-order valence-corrected chi connectivity index (χ0v) is 17.4. The van der Waals surface area contributed by atoms with Crippen LogP contribution in [-0.2, 0) is 6.42 Å². The maximum Gasteiger partial charge on any atom is 0.258 e. The lowest BCUT2D eigenvalue weighted by atomic mass is 10.0. The van der Waals surface area contributed by atoms with E-state index in [0.717, 1.165) is 42.6 Å². The van der Waals surface area contributed by atoms with Crippen LogP contribution in [0.1, 0.15) is 50.2 Å². The van der Waals surface area contributed by atoms with E-state index in [-0.39, 0.29) is 11.8 Å². The highest BCUT2D eigenvalue weighted by molar-refractivity contribution is 6.08. The number of amides is 2. The Balaban J connectivity index is 1.52. The van der Waals surface area contributed by atoms with E-state index >= 15 is 0 Å². The van der Waals surface area contributed by atoms with Crippen LogP contribution < -0.4 is 10.2 Å². The van der Waals surface area contributed by atoms with Gasteiger partial charge in [0.15, 0.2) is 0 Å². The molecule has 4 nitrogen and oxygen atoms in total. The van der Waals surface area contributed by atoms with E-state index in [1.807, 2.05) is 55.1 Å². The van der Waals surface area contributed by atoms with E-state index in [2.05, 4.69) is 11.4 Å². The molecule has 0 saturated carbocycles. The van der Waals surface area contributed by atoms with Crippen molar-refractivity contribution in [2.24, 2.45) is 0 Å². The summed E-state index contributed by atoms with van der Waals surface area (Å²) >= 11 is 0. The minimum absolute atomic E-state index is 0.00300. The summed E-state index contributed by atoms with van der Waals surface area (Å²) in [4.78, 5) is 27.7. The summed E-state index contributed by atoms with van der Waals surface area (Å²) in [6.45, 7) is 4.67. The Morgan fingerprint density at radius 2 is 1.63 bits per heavy atom. The van der Waals surface area contributed by atoms with Gasteiger partial charge < -0.3 is 10.2 Å². The highest BCUT2D eigenvalue weighted by Crippen LogP contribution is 2.28. The number of benzene rings is 3. The van der Waals surface area contributed by atoms with Crippen molar-refractivity contribution in [3.05, 3.63) is 94.5 Å². The summed E-state index contributed by atoms with van der Waals surface area (Å²) in [5, 5.41) is 2.93. The van der Waals surface area contributed by atoms with Gasteiger partial charge in [0.05, 0.1) is 0 Å². The molecule has 0 fully saturated rings. The van der Waals surface area contributed by atoms with Crippen molar-refractivity contribution in [1.29, 1.82) is 0 Å². The third-order valence-corrected chi connectivity index (χ3v) is 5.84. The van der Waals surface area contributed by atoms with Crippen molar-refractivity contribution >= 4 is 23.2 Å². The largest absolute Gasteiger partial charge is 0.322 e. The minimum atomic E-state index is -0.142. The molecule has 2 amide bonds. The first-order chi connectivity index (χ1) is 14.5. The first-order valence-corrected chi connectivity index (χ1v) is 10.4. The van der Waals surface area contributed by atoms with E-state index in [1.165, 1.54) is 5.56 Å². The van der Waals surface area contributed by atoms with Gasteiger partial charge in [-0.15, -0.1) is 0 Å². The third-order valence-electron chi connectivity index (χ3n) is 5.84. The normalized spacial score (nSPS) is 13.3. The van der Waals surface area contributed by atoms with E-state index in [0.29, 0.717) is 16.8 Å². The summed E-state index contributed by atoms with van der Waals surface area (Å²) in [6, 6.07) is 21.0. The number of aryl methyl sites for hydroxylation is 2. The monoisotopic (exact) mass is 398 g/mol. The van der Waals surface area contributed by atoms with Crippen LogP contribution in [-0.4, -0.2) is 18.4 Å². The number of rotatable bonds is 3. The van der Waals surface area contributed by atoms with Crippen molar-refractivity contribution in [3.8, 4) is 0 Å². The molecule has 0 radical (unpaired) electrons. The number of carbonyl (C=O) groups excluding carboxylic acids is 2. The van der Waals surface area contributed by atoms with E-state index < -0.39 is 0 Å². The van der Waals surface area contributed by atoms with E-state index in [9.17, 15) is 9.59 Å². The number of hydrogen-bond acceptors (Lipinski definition) is 2. The molecule has 152 valence electrons. The fraction of sp³-hybridized carbons (Fsp3) is 0.231. The van der Waals surface area contributed by atoms with Crippen LogP contribution in [0.2, 0.25) is 0 Å². The maximum absolute atomic E-state index is 13.2. The van der Waals surface area contributed by atoms with Crippen LogP contribution in [0, 0.1) is 13.8 Å². The van der Waals surface area contributed by atoms with Gasteiger partial charge in [0, 0.05) is 29.0 Å². The van der Waals surface area contributed by atoms with Gasteiger partial charge in [0.25, 0.3) is 11.8 Å². The highest BCUT2D eigenvalue weighted by atomic mass is 16.2. The van der Waals surface area contributed by atoms with Crippen molar-refractivity contribution in [2.75, 3.05) is 16.8 Å². The topological polar surface area (TPSA) is 49.4 Å². The molecule has 0 aliphatic carbocycles. The molecule has 0 spiro atoms. The molecule has 1 N–H and O–H groups in total. The molecule has 1 heterocycles. The molecule has 0 bridgehead atoms. The van der Waals surface area contributed by atoms with Gasteiger partial charge in [-0.3, -0.25) is 9.59 Å². The molecule has 1 aliphatic rings.